The molecule has 0 unspecified atom stereocenters. The van der Waals surface area contributed by atoms with Gasteiger partial charge in [0.05, 0.1) is 5.56 Å². The summed E-state index contributed by atoms with van der Waals surface area (Å²) < 4.78 is 0. The molecule has 1 amide bonds. The summed E-state index contributed by atoms with van der Waals surface area (Å²) in [5.74, 6) is -1.68. The predicted octanol–water partition coefficient (Wildman–Crippen LogP) is 2.09. The van der Waals surface area contributed by atoms with Gasteiger partial charge in [-0.2, -0.15) is 0 Å². The Hall–Kier alpha value is -2.56. The number of aromatic hydroxyl groups is 1. The van der Waals surface area contributed by atoms with Crippen molar-refractivity contribution in [2.45, 2.75) is 6.92 Å². The molecule has 2 rings (SSSR count). The molecule has 0 aliphatic rings. The molecule has 2 aromatic carbocycles. The van der Waals surface area contributed by atoms with Crippen LogP contribution in [0.4, 0.5) is 0 Å². The second-order valence-electron chi connectivity index (χ2n) is 4.40. The third-order valence-electron chi connectivity index (χ3n) is 3.13. The standard InChI is InChI=1S/C15H15NO4/c1-2-16(9-13(17)18)15(20)12-8-7-10-5-3-4-6-11(10)14(12)19/h3-8,19H,2,9H2,1H3,(H,17,18). The van der Waals surface area contributed by atoms with Crippen LogP contribution in [0.2, 0.25) is 0 Å². The fourth-order valence-corrected chi connectivity index (χ4v) is 2.09. The lowest BCUT2D eigenvalue weighted by Crippen LogP contribution is -2.35. The van der Waals surface area contributed by atoms with Crippen LogP contribution in [0.1, 0.15) is 17.3 Å². The molecule has 5 heteroatoms. The molecule has 0 bridgehead atoms. The average molecular weight is 273 g/mol. The molecule has 0 saturated carbocycles. The summed E-state index contributed by atoms with van der Waals surface area (Å²) in [6.45, 7) is 1.57. The van der Waals surface area contributed by atoms with E-state index in [-0.39, 0.29) is 24.4 Å². The lowest BCUT2D eigenvalue weighted by molar-refractivity contribution is -0.137. The molecule has 0 aliphatic heterocycles. The Morgan fingerprint density at radius 2 is 1.85 bits per heavy atom. The molecule has 0 aliphatic carbocycles. The van der Waals surface area contributed by atoms with Crippen LogP contribution in [-0.2, 0) is 4.79 Å². The fourth-order valence-electron chi connectivity index (χ4n) is 2.09. The van der Waals surface area contributed by atoms with Crippen molar-refractivity contribution in [3.8, 4) is 5.75 Å². The van der Waals surface area contributed by atoms with E-state index in [4.69, 9.17) is 5.11 Å². The number of rotatable bonds is 4. The topological polar surface area (TPSA) is 77.8 Å². The van der Waals surface area contributed by atoms with E-state index in [2.05, 4.69) is 0 Å². The number of nitrogens with zero attached hydrogens (tertiary/aromatic N) is 1. The number of benzene rings is 2. The first-order valence-electron chi connectivity index (χ1n) is 6.26. The van der Waals surface area contributed by atoms with E-state index in [1.54, 1.807) is 25.1 Å². The van der Waals surface area contributed by atoms with E-state index in [0.29, 0.717) is 5.39 Å². The Balaban J connectivity index is 2.44. The van der Waals surface area contributed by atoms with Crippen LogP contribution in [0.5, 0.6) is 5.75 Å². The summed E-state index contributed by atoms with van der Waals surface area (Å²) in [5.41, 5.74) is 0.117. The molecule has 0 atom stereocenters. The van der Waals surface area contributed by atoms with Gasteiger partial charge in [0.15, 0.2) is 0 Å². The maximum atomic E-state index is 12.3. The lowest BCUT2D eigenvalue weighted by Gasteiger charge is -2.19. The van der Waals surface area contributed by atoms with Crippen LogP contribution in [0, 0.1) is 0 Å². The van der Waals surface area contributed by atoms with Gasteiger partial charge in [-0.15, -0.1) is 0 Å². The fraction of sp³-hybridized carbons (Fsp3) is 0.200. The summed E-state index contributed by atoms with van der Waals surface area (Å²) in [5, 5.41) is 20.4. The highest BCUT2D eigenvalue weighted by atomic mass is 16.4. The van der Waals surface area contributed by atoms with Crippen molar-refractivity contribution in [1.29, 1.82) is 0 Å². The molecule has 20 heavy (non-hydrogen) atoms. The molecular weight excluding hydrogens is 258 g/mol. The van der Waals surface area contributed by atoms with Crippen LogP contribution in [-0.4, -0.2) is 40.1 Å². The summed E-state index contributed by atoms with van der Waals surface area (Å²) >= 11 is 0. The average Bonchev–Trinajstić information content (AvgIpc) is 2.44. The second-order valence-corrected chi connectivity index (χ2v) is 4.40. The second kappa shape index (κ2) is 5.61. The number of aliphatic carboxylic acids is 1. The first-order valence-corrected chi connectivity index (χ1v) is 6.26. The SMILES string of the molecule is CCN(CC(=O)O)C(=O)c1ccc2ccccc2c1O. The Morgan fingerprint density at radius 1 is 1.15 bits per heavy atom. The number of carbonyl (C=O) groups excluding carboxylic acids is 1. The zero-order valence-corrected chi connectivity index (χ0v) is 11.0. The highest BCUT2D eigenvalue weighted by Gasteiger charge is 2.20. The van der Waals surface area contributed by atoms with Crippen LogP contribution in [0.3, 0.4) is 0 Å². The quantitative estimate of drug-likeness (QED) is 0.894. The van der Waals surface area contributed by atoms with Crippen LogP contribution < -0.4 is 0 Å². The Bertz CT molecular complexity index is 666. The molecule has 0 saturated heterocycles. The van der Waals surface area contributed by atoms with E-state index in [1.165, 1.54) is 11.0 Å². The smallest absolute Gasteiger partial charge is 0.323 e. The van der Waals surface area contributed by atoms with Gasteiger partial charge in [0.2, 0.25) is 0 Å². The third kappa shape index (κ3) is 2.56. The number of carbonyl (C=O) groups is 2. The number of phenols is 1. The number of phenolic OH excluding ortho intramolecular Hbond substituents is 1. The highest BCUT2D eigenvalue weighted by molar-refractivity contribution is 6.04. The van der Waals surface area contributed by atoms with E-state index in [1.807, 2.05) is 12.1 Å². The molecule has 0 radical (unpaired) electrons. The van der Waals surface area contributed by atoms with Gasteiger partial charge < -0.3 is 15.1 Å². The van der Waals surface area contributed by atoms with Crippen molar-refractivity contribution in [2.75, 3.05) is 13.1 Å². The Kier molecular flexibility index (Phi) is 3.89. The minimum absolute atomic E-state index is 0.114. The van der Waals surface area contributed by atoms with Gasteiger partial charge in [0.25, 0.3) is 5.91 Å². The number of likely N-dealkylation sites (N-methyl/N-ethyl adjacent to an activating group) is 1. The predicted molar refractivity (Wildman–Crippen MR) is 74.8 cm³/mol. The monoisotopic (exact) mass is 273 g/mol. The van der Waals surface area contributed by atoms with Gasteiger partial charge in [0.1, 0.15) is 12.3 Å². The summed E-state index contributed by atoms with van der Waals surface area (Å²) in [4.78, 5) is 24.2. The molecule has 5 nitrogen and oxygen atoms in total. The van der Waals surface area contributed by atoms with Crippen LogP contribution in [0.25, 0.3) is 10.8 Å². The van der Waals surface area contributed by atoms with E-state index >= 15 is 0 Å². The van der Waals surface area contributed by atoms with Crippen molar-refractivity contribution < 1.29 is 19.8 Å². The van der Waals surface area contributed by atoms with Crippen molar-refractivity contribution in [3.63, 3.8) is 0 Å². The molecule has 0 aromatic heterocycles. The zero-order chi connectivity index (χ0) is 14.7. The van der Waals surface area contributed by atoms with Gasteiger partial charge in [-0.25, -0.2) is 0 Å². The van der Waals surface area contributed by atoms with Gasteiger partial charge in [0, 0.05) is 11.9 Å². The first kappa shape index (κ1) is 13.9. The van der Waals surface area contributed by atoms with Crippen molar-refractivity contribution >= 4 is 22.6 Å². The molecule has 0 fully saturated rings. The molecule has 2 N–H and O–H groups in total. The number of hydrogen-bond donors (Lipinski definition) is 2. The van der Waals surface area contributed by atoms with Crippen molar-refractivity contribution in [2.24, 2.45) is 0 Å². The number of fused-ring (bicyclic) bond motifs is 1. The lowest BCUT2D eigenvalue weighted by atomic mass is 10.0. The summed E-state index contributed by atoms with van der Waals surface area (Å²) in [6, 6.07) is 10.4. The molecule has 104 valence electrons. The Morgan fingerprint density at radius 3 is 2.50 bits per heavy atom. The van der Waals surface area contributed by atoms with E-state index in [9.17, 15) is 14.7 Å². The maximum Gasteiger partial charge on any atom is 0.323 e. The summed E-state index contributed by atoms with van der Waals surface area (Å²) in [6.07, 6.45) is 0. The zero-order valence-electron chi connectivity index (χ0n) is 11.0. The van der Waals surface area contributed by atoms with Crippen molar-refractivity contribution in [1.82, 2.24) is 4.90 Å². The minimum Gasteiger partial charge on any atom is -0.506 e. The van der Waals surface area contributed by atoms with Crippen molar-refractivity contribution in [3.05, 3.63) is 42.0 Å². The molecular formula is C15H15NO4. The molecule has 0 heterocycles. The van der Waals surface area contributed by atoms with Gasteiger partial charge in [-0.3, -0.25) is 9.59 Å². The highest BCUT2D eigenvalue weighted by Crippen LogP contribution is 2.29. The van der Waals surface area contributed by atoms with Gasteiger partial charge >= 0.3 is 5.97 Å². The minimum atomic E-state index is -1.08. The normalized spacial score (nSPS) is 10.4. The summed E-state index contributed by atoms with van der Waals surface area (Å²) in [7, 11) is 0. The number of carboxylic acids is 1. The van der Waals surface area contributed by atoms with Gasteiger partial charge in [-0.1, -0.05) is 30.3 Å². The van der Waals surface area contributed by atoms with Crippen LogP contribution >= 0.6 is 0 Å². The maximum absolute atomic E-state index is 12.3. The Labute approximate surface area is 116 Å². The molecule has 2 aromatic rings. The van der Waals surface area contributed by atoms with Crippen LogP contribution in [0.15, 0.2) is 36.4 Å². The largest absolute Gasteiger partial charge is 0.506 e. The number of amides is 1. The van der Waals surface area contributed by atoms with E-state index in [0.717, 1.165) is 5.39 Å². The number of hydrogen-bond acceptors (Lipinski definition) is 3. The van der Waals surface area contributed by atoms with E-state index < -0.39 is 11.9 Å². The number of carboxylic acid groups (broad SMARTS) is 1. The first-order chi connectivity index (χ1) is 9.54. The van der Waals surface area contributed by atoms with Gasteiger partial charge in [-0.05, 0) is 18.4 Å². The molecule has 0 spiro atoms. The third-order valence-corrected chi connectivity index (χ3v) is 3.13.